The molecule has 18 heavy (non-hydrogen) atoms. The minimum Gasteiger partial charge on any atom is -0.310 e. The van der Waals surface area contributed by atoms with Gasteiger partial charge in [0, 0.05) is 29.4 Å². The van der Waals surface area contributed by atoms with Crippen LogP contribution < -0.4 is 5.32 Å². The van der Waals surface area contributed by atoms with Crippen molar-refractivity contribution in [3.05, 3.63) is 28.8 Å². The fourth-order valence-corrected chi connectivity index (χ4v) is 3.12. The third kappa shape index (κ3) is 4.26. The van der Waals surface area contributed by atoms with E-state index in [1.165, 1.54) is 6.26 Å². The van der Waals surface area contributed by atoms with Gasteiger partial charge < -0.3 is 5.32 Å². The van der Waals surface area contributed by atoms with E-state index in [2.05, 4.69) is 19.2 Å². The Morgan fingerprint density at radius 3 is 2.61 bits per heavy atom. The van der Waals surface area contributed by atoms with Crippen LogP contribution >= 0.6 is 11.6 Å². The van der Waals surface area contributed by atoms with E-state index in [1.54, 1.807) is 18.2 Å². The summed E-state index contributed by atoms with van der Waals surface area (Å²) in [6, 6.07) is 5.33. The van der Waals surface area contributed by atoms with Crippen molar-refractivity contribution in [3.63, 3.8) is 0 Å². The number of benzene rings is 1. The maximum absolute atomic E-state index is 11.7. The van der Waals surface area contributed by atoms with Gasteiger partial charge in [-0.15, -0.1) is 0 Å². The second-order valence-electron chi connectivity index (χ2n) is 4.56. The van der Waals surface area contributed by atoms with E-state index >= 15 is 0 Å². The maximum atomic E-state index is 11.7. The number of nitrogens with one attached hydrogen (secondary N) is 1. The van der Waals surface area contributed by atoms with Crippen LogP contribution in [-0.4, -0.2) is 20.7 Å². The molecule has 0 aliphatic rings. The third-order valence-corrected chi connectivity index (χ3v) is 4.36. The summed E-state index contributed by atoms with van der Waals surface area (Å²) in [7, 11) is -3.24. The quantitative estimate of drug-likeness (QED) is 0.875. The number of rotatable bonds is 6. The summed E-state index contributed by atoms with van der Waals surface area (Å²) in [5, 5.41) is 3.80. The van der Waals surface area contributed by atoms with Crippen LogP contribution in [0.25, 0.3) is 0 Å². The monoisotopic (exact) mass is 289 g/mol. The Morgan fingerprint density at radius 2 is 2.06 bits per heavy atom. The van der Waals surface area contributed by atoms with E-state index in [0.717, 1.165) is 12.8 Å². The molecule has 0 saturated carbocycles. The molecule has 0 heterocycles. The van der Waals surface area contributed by atoms with Crippen molar-refractivity contribution < 1.29 is 8.42 Å². The van der Waals surface area contributed by atoms with Gasteiger partial charge in [0.1, 0.15) is 0 Å². The molecule has 1 unspecified atom stereocenters. The van der Waals surface area contributed by atoms with Crippen molar-refractivity contribution >= 4 is 21.4 Å². The maximum Gasteiger partial charge on any atom is 0.175 e. The SMILES string of the molecule is CCCC(C)NCc1c(Cl)cccc1S(C)(=O)=O. The Kier molecular flexibility index (Phi) is 5.63. The Labute approximate surface area is 114 Å². The predicted molar refractivity (Wildman–Crippen MR) is 75.8 cm³/mol. The first-order valence-electron chi connectivity index (χ1n) is 6.07. The molecule has 0 aliphatic carbocycles. The highest BCUT2D eigenvalue weighted by Crippen LogP contribution is 2.24. The van der Waals surface area contributed by atoms with E-state index in [-0.39, 0.29) is 0 Å². The molecule has 0 fully saturated rings. The van der Waals surface area contributed by atoms with Crippen LogP contribution in [0.4, 0.5) is 0 Å². The van der Waals surface area contributed by atoms with Crippen LogP contribution in [0.1, 0.15) is 32.3 Å². The number of hydrogen-bond donors (Lipinski definition) is 1. The molecule has 5 heteroatoms. The van der Waals surface area contributed by atoms with Crippen LogP contribution in [0.2, 0.25) is 5.02 Å². The molecule has 0 aromatic heterocycles. The molecule has 1 rings (SSSR count). The van der Waals surface area contributed by atoms with Crippen LogP contribution in [0.3, 0.4) is 0 Å². The molecule has 0 radical (unpaired) electrons. The largest absolute Gasteiger partial charge is 0.310 e. The first-order valence-corrected chi connectivity index (χ1v) is 8.34. The molecule has 0 saturated heterocycles. The van der Waals surface area contributed by atoms with E-state index < -0.39 is 9.84 Å². The molecule has 0 aliphatic heterocycles. The molecule has 1 N–H and O–H groups in total. The van der Waals surface area contributed by atoms with Gasteiger partial charge in [0.05, 0.1) is 4.90 Å². The van der Waals surface area contributed by atoms with Gasteiger partial charge in [-0.05, 0) is 25.5 Å². The summed E-state index contributed by atoms with van der Waals surface area (Å²) in [5.41, 5.74) is 0.657. The lowest BCUT2D eigenvalue weighted by Gasteiger charge is -2.15. The van der Waals surface area contributed by atoms with Gasteiger partial charge in [0.2, 0.25) is 0 Å². The van der Waals surface area contributed by atoms with Crippen molar-refractivity contribution in [1.82, 2.24) is 5.32 Å². The average Bonchev–Trinajstić information content (AvgIpc) is 2.26. The molecule has 1 aromatic rings. The van der Waals surface area contributed by atoms with Crippen molar-refractivity contribution in [2.75, 3.05) is 6.26 Å². The van der Waals surface area contributed by atoms with Crippen LogP contribution in [-0.2, 0) is 16.4 Å². The van der Waals surface area contributed by atoms with Crippen molar-refractivity contribution in [2.45, 2.75) is 44.2 Å². The highest BCUT2D eigenvalue weighted by Gasteiger charge is 2.16. The van der Waals surface area contributed by atoms with Crippen LogP contribution in [0.5, 0.6) is 0 Å². The summed E-state index contributed by atoms with van der Waals surface area (Å²) in [6.07, 6.45) is 3.35. The van der Waals surface area contributed by atoms with Gasteiger partial charge in [-0.25, -0.2) is 8.42 Å². The molecule has 0 bridgehead atoms. The minimum atomic E-state index is -3.24. The second kappa shape index (κ2) is 6.55. The highest BCUT2D eigenvalue weighted by molar-refractivity contribution is 7.90. The van der Waals surface area contributed by atoms with Gasteiger partial charge in [0.15, 0.2) is 9.84 Å². The Morgan fingerprint density at radius 1 is 1.39 bits per heavy atom. The number of hydrogen-bond acceptors (Lipinski definition) is 3. The van der Waals surface area contributed by atoms with Crippen LogP contribution in [0, 0.1) is 0 Å². The lowest BCUT2D eigenvalue weighted by molar-refractivity contribution is 0.505. The standard InChI is InChI=1S/C13H20ClNO2S/c1-4-6-10(2)15-9-11-12(14)7-5-8-13(11)18(3,16)17/h5,7-8,10,15H,4,6,9H2,1-3H3. The Bertz CT molecular complexity index is 500. The van der Waals surface area contributed by atoms with E-state index in [0.29, 0.717) is 28.1 Å². The number of sulfone groups is 1. The van der Waals surface area contributed by atoms with Crippen molar-refractivity contribution in [2.24, 2.45) is 0 Å². The summed E-state index contributed by atoms with van der Waals surface area (Å²) in [4.78, 5) is 0.311. The highest BCUT2D eigenvalue weighted by atomic mass is 35.5. The first kappa shape index (κ1) is 15.5. The molecule has 3 nitrogen and oxygen atoms in total. The van der Waals surface area contributed by atoms with Gasteiger partial charge in [-0.2, -0.15) is 0 Å². The fraction of sp³-hybridized carbons (Fsp3) is 0.538. The lowest BCUT2D eigenvalue weighted by Crippen LogP contribution is -2.26. The zero-order valence-corrected chi connectivity index (χ0v) is 12.6. The van der Waals surface area contributed by atoms with Crippen molar-refractivity contribution in [3.8, 4) is 0 Å². The van der Waals surface area contributed by atoms with Gasteiger partial charge >= 0.3 is 0 Å². The first-order chi connectivity index (χ1) is 8.36. The molecule has 1 atom stereocenters. The summed E-state index contributed by atoms with van der Waals surface area (Å²) in [5.74, 6) is 0. The van der Waals surface area contributed by atoms with Crippen LogP contribution in [0.15, 0.2) is 23.1 Å². The predicted octanol–water partition coefficient (Wildman–Crippen LogP) is 3.02. The molecule has 102 valence electrons. The van der Waals surface area contributed by atoms with E-state index in [4.69, 9.17) is 11.6 Å². The second-order valence-corrected chi connectivity index (χ2v) is 6.95. The molecule has 0 amide bonds. The number of halogens is 1. The zero-order valence-electron chi connectivity index (χ0n) is 11.0. The minimum absolute atomic E-state index is 0.311. The van der Waals surface area contributed by atoms with E-state index in [9.17, 15) is 8.42 Å². The van der Waals surface area contributed by atoms with E-state index in [1.807, 2.05) is 0 Å². The van der Waals surface area contributed by atoms with Crippen molar-refractivity contribution in [1.29, 1.82) is 0 Å². The van der Waals surface area contributed by atoms with Gasteiger partial charge in [-0.3, -0.25) is 0 Å². The smallest absolute Gasteiger partial charge is 0.175 e. The van der Waals surface area contributed by atoms with Gasteiger partial charge in [-0.1, -0.05) is 31.0 Å². The molecular formula is C13H20ClNO2S. The average molecular weight is 290 g/mol. The normalized spacial score (nSPS) is 13.6. The topological polar surface area (TPSA) is 46.2 Å². The summed E-state index contributed by atoms with van der Waals surface area (Å²) < 4.78 is 23.4. The lowest BCUT2D eigenvalue weighted by atomic mass is 10.1. The molecule has 0 spiro atoms. The molecular weight excluding hydrogens is 270 g/mol. The third-order valence-electron chi connectivity index (χ3n) is 2.82. The Balaban J connectivity index is 2.94. The summed E-state index contributed by atoms with van der Waals surface area (Å²) in [6.45, 7) is 4.68. The molecule has 1 aromatic carbocycles. The fourth-order valence-electron chi connectivity index (χ4n) is 1.87. The summed E-state index contributed by atoms with van der Waals surface area (Å²) >= 11 is 6.09. The Hall–Kier alpha value is -0.580. The van der Waals surface area contributed by atoms with Gasteiger partial charge in [0.25, 0.3) is 0 Å². The zero-order chi connectivity index (χ0) is 13.8.